The summed E-state index contributed by atoms with van der Waals surface area (Å²) in [4.78, 5) is 35.4. The monoisotopic (exact) mass is 383 g/mol. The zero-order chi connectivity index (χ0) is 20.5. The van der Waals surface area contributed by atoms with Crippen LogP contribution in [-0.4, -0.2) is 28.1 Å². The quantitative estimate of drug-likeness (QED) is 0.674. The summed E-state index contributed by atoms with van der Waals surface area (Å²) in [5, 5.41) is 18.9. The number of nitrogens with two attached hydrogens (primary N) is 1. The van der Waals surface area contributed by atoms with Crippen LogP contribution in [0.1, 0.15) is 12.5 Å². The number of carboxylic acids is 2. The molecule has 1 aliphatic rings. The van der Waals surface area contributed by atoms with Gasteiger partial charge in [-0.2, -0.15) is 0 Å². The minimum Gasteiger partial charge on any atom is -0.481 e. The molecule has 4 unspecified atom stereocenters. The molecule has 1 saturated carbocycles. The molecule has 146 valence electrons. The molecule has 28 heavy (non-hydrogen) atoms. The number of hydrogen-bond acceptors (Lipinski definition) is 4. The maximum Gasteiger partial charge on any atom is 0.308 e. The second kappa shape index (κ2) is 7.34. The molecule has 0 aliphatic heterocycles. The normalized spacial score (nSPS) is 26.1. The van der Waals surface area contributed by atoms with Gasteiger partial charge in [0, 0.05) is 0 Å². The Kier molecular flexibility index (Phi) is 5.09. The van der Waals surface area contributed by atoms with Crippen LogP contribution in [0.5, 0.6) is 11.5 Å². The first-order chi connectivity index (χ1) is 13.3. The summed E-state index contributed by atoms with van der Waals surface area (Å²) in [5.74, 6) is -5.30. The predicted octanol–water partition coefficient (Wildman–Crippen LogP) is 2.54. The number of carbonyl (C=O) groups excluding carboxylic acids is 1. The lowest BCUT2D eigenvalue weighted by Gasteiger charge is -2.54. The van der Waals surface area contributed by atoms with Crippen LogP contribution in [0, 0.1) is 23.2 Å². The number of hydrogen-bond donors (Lipinski definition) is 3. The summed E-state index contributed by atoms with van der Waals surface area (Å²) in [7, 11) is 0. The second-order valence-corrected chi connectivity index (χ2v) is 7.11. The summed E-state index contributed by atoms with van der Waals surface area (Å²) < 4.78 is 5.72. The summed E-state index contributed by atoms with van der Waals surface area (Å²) >= 11 is 0. The predicted molar refractivity (Wildman–Crippen MR) is 99.7 cm³/mol. The van der Waals surface area contributed by atoms with Gasteiger partial charge in [0.15, 0.2) is 0 Å². The van der Waals surface area contributed by atoms with Gasteiger partial charge in [-0.1, -0.05) is 37.3 Å². The van der Waals surface area contributed by atoms with Crippen LogP contribution in [0.4, 0.5) is 0 Å². The summed E-state index contributed by atoms with van der Waals surface area (Å²) in [5.41, 5.74) is 4.81. The van der Waals surface area contributed by atoms with Crippen LogP contribution >= 0.6 is 0 Å². The van der Waals surface area contributed by atoms with Crippen LogP contribution in [0.3, 0.4) is 0 Å². The van der Waals surface area contributed by atoms with Crippen LogP contribution in [0.2, 0.25) is 0 Å². The van der Waals surface area contributed by atoms with E-state index in [-0.39, 0.29) is 6.42 Å². The van der Waals surface area contributed by atoms with Crippen LogP contribution < -0.4 is 10.5 Å². The Bertz CT molecular complexity index is 895. The smallest absolute Gasteiger partial charge is 0.308 e. The molecule has 0 radical (unpaired) electrons. The number of aliphatic carboxylic acids is 2. The molecule has 1 fully saturated rings. The third-order valence-corrected chi connectivity index (χ3v) is 5.67. The molecule has 1 amide bonds. The number of para-hydroxylation sites is 1. The van der Waals surface area contributed by atoms with Crippen molar-refractivity contribution in [1.29, 1.82) is 0 Å². The molecule has 4 N–H and O–H groups in total. The number of carboxylic acid groups (broad SMARTS) is 2. The standard InChI is InChI=1S/C21H21NO6/c1-12-16(18(23)24)17(19(25)26)21(12,20(22)27)11-13-7-9-15(10-8-13)28-14-5-3-2-4-6-14/h2-10,12,16-17H,11H2,1H3,(H2,22,27)(H,23,24)(H,25,26). The molecule has 0 spiro atoms. The van der Waals surface area contributed by atoms with E-state index in [0.717, 1.165) is 0 Å². The van der Waals surface area contributed by atoms with Gasteiger partial charge in [0.25, 0.3) is 0 Å². The molecule has 1 aliphatic carbocycles. The lowest BCUT2D eigenvalue weighted by Crippen LogP contribution is -2.67. The first-order valence-electron chi connectivity index (χ1n) is 8.84. The van der Waals surface area contributed by atoms with E-state index in [1.54, 1.807) is 31.2 Å². The number of primary amides is 1. The Morgan fingerprint density at radius 3 is 2.04 bits per heavy atom. The SMILES string of the molecule is CC1C(C(=O)O)C(C(=O)O)C1(Cc1ccc(Oc2ccccc2)cc1)C(N)=O. The van der Waals surface area contributed by atoms with E-state index < -0.39 is 41.0 Å². The fourth-order valence-electron chi connectivity index (χ4n) is 4.20. The molecule has 2 aromatic carbocycles. The van der Waals surface area contributed by atoms with Gasteiger partial charge in [0.1, 0.15) is 11.5 Å². The van der Waals surface area contributed by atoms with E-state index in [0.29, 0.717) is 17.1 Å². The Morgan fingerprint density at radius 2 is 1.54 bits per heavy atom. The number of carbonyl (C=O) groups is 3. The summed E-state index contributed by atoms with van der Waals surface area (Å²) in [6.45, 7) is 1.57. The van der Waals surface area contributed by atoms with Crippen molar-refractivity contribution in [2.75, 3.05) is 0 Å². The Balaban J connectivity index is 1.84. The van der Waals surface area contributed by atoms with Gasteiger partial charge in [0.2, 0.25) is 5.91 Å². The average Bonchev–Trinajstić information content (AvgIpc) is 2.64. The molecule has 0 saturated heterocycles. The van der Waals surface area contributed by atoms with Gasteiger partial charge < -0.3 is 20.7 Å². The van der Waals surface area contributed by atoms with E-state index in [4.69, 9.17) is 10.5 Å². The molecular formula is C21H21NO6. The van der Waals surface area contributed by atoms with Crippen molar-refractivity contribution in [3.8, 4) is 11.5 Å². The largest absolute Gasteiger partial charge is 0.481 e. The molecule has 0 aromatic heterocycles. The molecule has 7 nitrogen and oxygen atoms in total. The first kappa shape index (κ1) is 19.4. The maximum atomic E-state index is 12.3. The number of benzene rings is 2. The third kappa shape index (κ3) is 3.19. The average molecular weight is 383 g/mol. The minimum absolute atomic E-state index is 0.0515. The Labute approximate surface area is 161 Å². The molecule has 7 heteroatoms. The number of rotatable bonds is 7. The Morgan fingerprint density at radius 1 is 0.964 bits per heavy atom. The van der Waals surface area contributed by atoms with Gasteiger partial charge in [0.05, 0.1) is 17.3 Å². The van der Waals surface area contributed by atoms with E-state index in [9.17, 15) is 24.6 Å². The summed E-state index contributed by atoms with van der Waals surface area (Å²) in [6.07, 6.45) is 0.0515. The fraction of sp³-hybridized carbons (Fsp3) is 0.286. The Hall–Kier alpha value is -3.35. The maximum absolute atomic E-state index is 12.3. The van der Waals surface area contributed by atoms with Gasteiger partial charge >= 0.3 is 11.9 Å². The van der Waals surface area contributed by atoms with E-state index in [1.165, 1.54) is 0 Å². The lowest BCUT2D eigenvalue weighted by molar-refractivity contribution is -0.194. The van der Waals surface area contributed by atoms with Crippen molar-refractivity contribution in [3.05, 3.63) is 60.2 Å². The zero-order valence-electron chi connectivity index (χ0n) is 15.2. The number of amides is 1. The van der Waals surface area contributed by atoms with Gasteiger partial charge in [-0.15, -0.1) is 0 Å². The van der Waals surface area contributed by atoms with Crippen molar-refractivity contribution in [2.45, 2.75) is 13.3 Å². The van der Waals surface area contributed by atoms with Crippen molar-refractivity contribution >= 4 is 17.8 Å². The highest BCUT2D eigenvalue weighted by molar-refractivity contribution is 5.94. The topological polar surface area (TPSA) is 127 Å². The molecular weight excluding hydrogens is 362 g/mol. The molecule has 2 aromatic rings. The molecule has 4 atom stereocenters. The van der Waals surface area contributed by atoms with E-state index in [2.05, 4.69) is 0 Å². The highest BCUT2D eigenvalue weighted by Crippen LogP contribution is 2.57. The van der Waals surface area contributed by atoms with Crippen molar-refractivity contribution < 1.29 is 29.3 Å². The van der Waals surface area contributed by atoms with Gasteiger partial charge in [-0.3, -0.25) is 14.4 Å². The zero-order valence-corrected chi connectivity index (χ0v) is 15.2. The van der Waals surface area contributed by atoms with Crippen LogP contribution in [0.15, 0.2) is 54.6 Å². The van der Waals surface area contributed by atoms with Crippen LogP contribution in [0.25, 0.3) is 0 Å². The van der Waals surface area contributed by atoms with E-state index >= 15 is 0 Å². The first-order valence-corrected chi connectivity index (χ1v) is 8.84. The minimum atomic E-state index is -1.45. The summed E-state index contributed by atoms with van der Waals surface area (Å²) in [6, 6.07) is 16.1. The lowest BCUT2D eigenvalue weighted by atomic mass is 9.45. The fourth-order valence-corrected chi connectivity index (χ4v) is 4.20. The highest BCUT2D eigenvalue weighted by atomic mass is 16.5. The highest BCUT2D eigenvalue weighted by Gasteiger charge is 2.68. The van der Waals surface area contributed by atoms with Crippen LogP contribution in [-0.2, 0) is 20.8 Å². The molecule has 0 heterocycles. The van der Waals surface area contributed by atoms with Crippen molar-refractivity contribution in [1.82, 2.24) is 0 Å². The third-order valence-electron chi connectivity index (χ3n) is 5.67. The second-order valence-electron chi connectivity index (χ2n) is 7.11. The van der Waals surface area contributed by atoms with Gasteiger partial charge in [-0.25, -0.2) is 0 Å². The molecule has 3 rings (SSSR count). The number of ether oxygens (including phenoxy) is 1. The van der Waals surface area contributed by atoms with Crippen molar-refractivity contribution in [3.63, 3.8) is 0 Å². The van der Waals surface area contributed by atoms with Gasteiger partial charge in [-0.05, 0) is 42.2 Å². The van der Waals surface area contributed by atoms with E-state index in [1.807, 2.05) is 30.3 Å². The van der Waals surface area contributed by atoms with Crippen molar-refractivity contribution in [2.24, 2.45) is 28.9 Å². The molecule has 0 bridgehead atoms.